The summed E-state index contributed by atoms with van der Waals surface area (Å²) in [6.07, 6.45) is 1.52. The number of hydrogen-bond donors (Lipinski definition) is 1. The van der Waals surface area contributed by atoms with Crippen LogP contribution in [0.4, 0.5) is 0 Å². The molecule has 6 heteroatoms. The maximum Gasteiger partial charge on any atom is 0.358 e. The van der Waals surface area contributed by atoms with Gasteiger partial charge in [0.25, 0.3) is 0 Å². The number of carbonyl (C=O) groups excluding carboxylic acids is 1. The van der Waals surface area contributed by atoms with Gasteiger partial charge in [0, 0.05) is 6.42 Å². The van der Waals surface area contributed by atoms with E-state index in [2.05, 4.69) is 46.4 Å². The molecule has 1 aromatic carbocycles. The van der Waals surface area contributed by atoms with E-state index in [0.717, 1.165) is 35.5 Å². The van der Waals surface area contributed by atoms with Crippen LogP contribution in [0.1, 0.15) is 48.1 Å². The molecule has 2 aromatic heterocycles. The summed E-state index contributed by atoms with van der Waals surface area (Å²) in [6.45, 7) is 6.34. The molecule has 0 amide bonds. The van der Waals surface area contributed by atoms with Crippen molar-refractivity contribution in [1.29, 1.82) is 0 Å². The van der Waals surface area contributed by atoms with Gasteiger partial charge in [0.05, 0.1) is 18.0 Å². The van der Waals surface area contributed by atoms with E-state index in [9.17, 15) is 4.79 Å². The molecule has 3 rings (SSSR count). The molecule has 0 saturated carbocycles. The summed E-state index contributed by atoms with van der Waals surface area (Å²) in [6, 6.07) is 14.0. The molecular weight excluding hydrogens is 340 g/mol. The topological polar surface area (TPSA) is 80.8 Å². The highest BCUT2D eigenvalue weighted by Gasteiger charge is 2.17. The molecule has 0 aliphatic rings. The van der Waals surface area contributed by atoms with Gasteiger partial charge in [-0.05, 0) is 42.5 Å². The zero-order valence-electron chi connectivity index (χ0n) is 15.9. The number of esters is 1. The van der Waals surface area contributed by atoms with Crippen molar-refractivity contribution < 1.29 is 9.53 Å². The second kappa shape index (κ2) is 8.58. The molecular formula is C21H24N4O2. The third-order valence-electron chi connectivity index (χ3n) is 4.10. The lowest BCUT2D eigenvalue weighted by atomic mass is 9.99. The number of nitrogens with zero attached hydrogens (tertiary/aromatic N) is 3. The smallest absolute Gasteiger partial charge is 0.358 e. The van der Waals surface area contributed by atoms with Gasteiger partial charge in [-0.1, -0.05) is 44.2 Å². The van der Waals surface area contributed by atoms with Crippen molar-refractivity contribution in [3.8, 4) is 11.4 Å². The Morgan fingerprint density at radius 3 is 2.63 bits per heavy atom. The second-order valence-corrected chi connectivity index (χ2v) is 6.86. The predicted molar refractivity (Wildman–Crippen MR) is 103 cm³/mol. The van der Waals surface area contributed by atoms with E-state index in [4.69, 9.17) is 4.74 Å². The number of rotatable bonds is 7. The SMILES string of the molecule is CCOC(=O)c1cc(CC(C)C)c(-c2cc(Cc3ccccc3)n[nH]2)nn1. The van der Waals surface area contributed by atoms with Crippen LogP contribution in [0.5, 0.6) is 0 Å². The molecule has 0 atom stereocenters. The van der Waals surface area contributed by atoms with Crippen molar-refractivity contribution in [1.82, 2.24) is 20.4 Å². The number of aromatic nitrogens is 4. The fourth-order valence-electron chi connectivity index (χ4n) is 2.94. The lowest BCUT2D eigenvalue weighted by Gasteiger charge is -2.10. The van der Waals surface area contributed by atoms with E-state index in [-0.39, 0.29) is 5.69 Å². The number of H-pyrrole nitrogens is 1. The molecule has 3 aromatic rings. The summed E-state index contributed by atoms with van der Waals surface area (Å²) in [5.74, 6) is -0.0364. The van der Waals surface area contributed by atoms with E-state index < -0.39 is 5.97 Å². The average molecular weight is 364 g/mol. The Morgan fingerprint density at radius 1 is 1.15 bits per heavy atom. The number of nitrogens with one attached hydrogen (secondary N) is 1. The molecule has 0 aliphatic carbocycles. The Labute approximate surface area is 159 Å². The minimum atomic E-state index is -0.448. The summed E-state index contributed by atoms with van der Waals surface area (Å²) in [5.41, 5.74) is 4.85. The maximum absolute atomic E-state index is 12.0. The van der Waals surface area contributed by atoms with E-state index in [1.54, 1.807) is 13.0 Å². The monoisotopic (exact) mass is 364 g/mol. The van der Waals surface area contributed by atoms with Gasteiger partial charge < -0.3 is 4.74 Å². The molecule has 0 spiro atoms. The van der Waals surface area contributed by atoms with Crippen LogP contribution in [-0.4, -0.2) is 33.0 Å². The summed E-state index contributed by atoms with van der Waals surface area (Å²) < 4.78 is 5.04. The standard InChI is InChI=1S/C21H24N4O2/c1-4-27-21(26)19-12-16(10-14(2)3)20(25-24-19)18-13-17(22-23-18)11-15-8-6-5-7-9-15/h5-9,12-14H,4,10-11H2,1-3H3,(H,22,23). The van der Waals surface area contributed by atoms with E-state index in [1.165, 1.54) is 5.56 Å². The second-order valence-electron chi connectivity index (χ2n) is 6.86. The van der Waals surface area contributed by atoms with Crippen molar-refractivity contribution in [2.45, 2.75) is 33.6 Å². The van der Waals surface area contributed by atoms with Crippen LogP contribution in [0.2, 0.25) is 0 Å². The van der Waals surface area contributed by atoms with Crippen LogP contribution in [0.25, 0.3) is 11.4 Å². The molecule has 0 aliphatic heterocycles. The van der Waals surface area contributed by atoms with Crippen molar-refractivity contribution in [2.75, 3.05) is 6.61 Å². The molecule has 0 bridgehead atoms. The maximum atomic E-state index is 12.0. The average Bonchev–Trinajstić information content (AvgIpc) is 3.10. The fourth-order valence-corrected chi connectivity index (χ4v) is 2.94. The van der Waals surface area contributed by atoms with Crippen LogP contribution < -0.4 is 0 Å². The first-order valence-corrected chi connectivity index (χ1v) is 9.19. The van der Waals surface area contributed by atoms with Crippen molar-refractivity contribution in [3.63, 3.8) is 0 Å². The first-order chi connectivity index (χ1) is 13.1. The number of hydrogen-bond acceptors (Lipinski definition) is 5. The van der Waals surface area contributed by atoms with Crippen LogP contribution in [-0.2, 0) is 17.6 Å². The number of ether oxygens (including phenoxy) is 1. The van der Waals surface area contributed by atoms with Crippen LogP contribution in [0, 0.1) is 5.92 Å². The zero-order valence-corrected chi connectivity index (χ0v) is 15.9. The summed E-state index contributed by atoms with van der Waals surface area (Å²) in [5, 5.41) is 15.8. The molecule has 2 heterocycles. The predicted octanol–water partition coefficient (Wildman–Crippen LogP) is 3.83. The number of benzene rings is 1. The largest absolute Gasteiger partial charge is 0.461 e. The van der Waals surface area contributed by atoms with Crippen LogP contribution >= 0.6 is 0 Å². The highest BCUT2D eigenvalue weighted by atomic mass is 16.5. The minimum Gasteiger partial charge on any atom is -0.461 e. The zero-order chi connectivity index (χ0) is 19.2. The Hall–Kier alpha value is -3.02. The molecule has 0 fully saturated rings. The van der Waals surface area contributed by atoms with Gasteiger partial charge in [-0.15, -0.1) is 10.2 Å². The first-order valence-electron chi connectivity index (χ1n) is 9.19. The van der Waals surface area contributed by atoms with E-state index in [0.29, 0.717) is 12.5 Å². The van der Waals surface area contributed by atoms with Gasteiger partial charge in [-0.25, -0.2) is 4.79 Å². The van der Waals surface area contributed by atoms with Gasteiger partial charge in [-0.3, -0.25) is 5.10 Å². The first kappa shape index (κ1) is 18.8. The van der Waals surface area contributed by atoms with E-state index >= 15 is 0 Å². The Balaban J connectivity index is 1.89. The minimum absolute atomic E-state index is 0.236. The highest BCUT2D eigenvalue weighted by Crippen LogP contribution is 2.23. The summed E-state index contributed by atoms with van der Waals surface area (Å²) in [7, 11) is 0. The quantitative estimate of drug-likeness (QED) is 0.644. The lowest BCUT2D eigenvalue weighted by molar-refractivity contribution is 0.0518. The lowest BCUT2D eigenvalue weighted by Crippen LogP contribution is -2.11. The molecule has 0 saturated heterocycles. The van der Waals surface area contributed by atoms with Crippen LogP contribution in [0.3, 0.4) is 0 Å². The fraction of sp³-hybridized carbons (Fsp3) is 0.333. The van der Waals surface area contributed by atoms with Crippen LogP contribution in [0.15, 0.2) is 42.5 Å². The van der Waals surface area contributed by atoms with Gasteiger partial charge in [0.15, 0.2) is 5.69 Å². The number of carbonyl (C=O) groups is 1. The van der Waals surface area contributed by atoms with Gasteiger partial charge in [0.2, 0.25) is 0 Å². The molecule has 140 valence electrons. The molecule has 1 N–H and O–H groups in total. The third kappa shape index (κ3) is 4.78. The Bertz CT molecular complexity index is 904. The van der Waals surface area contributed by atoms with Crippen molar-refractivity contribution >= 4 is 5.97 Å². The van der Waals surface area contributed by atoms with Gasteiger partial charge >= 0.3 is 5.97 Å². The molecule has 0 unspecified atom stereocenters. The van der Waals surface area contributed by atoms with Crippen molar-refractivity contribution in [3.05, 3.63) is 65.0 Å². The summed E-state index contributed by atoms with van der Waals surface area (Å²) >= 11 is 0. The number of aromatic amines is 1. The third-order valence-corrected chi connectivity index (χ3v) is 4.10. The Morgan fingerprint density at radius 2 is 1.93 bits per heavy atom. The highest BCUT2D eigenvalue weighted by molar-refractivity contribution is 5.87. The molecule has 0 radical (unpaired) electrons. The summed E-state index contributed by atoms with van der Waals surface area (Å²) in [4.78, 5) is 12.0. The van der Waals surface area contributed by atoms with E-state index in [1.807, 2.05) is 24.3 Å². The van der Waals surface area contributed by atoms with Gasteiger partial charge in [0.1, 0.15) is 5.69 Å². The van der Waals surface area contributed by atoms with Gasteiger partial charge in [-0.2, -0.15) is 5.10 Å². The Kier molecular flexibility index (Phi) is 5.96. The molecule has 6 nitrogen and oxygen atoms in total. The molecule has 27 heavy (non-hydrogen) atoms. The van der Waals surface area contributed by atoms with Crippen molar-refractivity contribution in [2.24, 2.45) is 5.92 Å². The normalized spacial score (nSPS) is 11.0.